The molecule has 0 nitrogen and oxygen atoms in total. The van der Waals surface area contributed by atoms with Gasteiger partial charge in [-0.25, -0.2) is 0 Å². The predicted octanol–water partition coefficient (Wildman–Crippen LogP) is 4.55. The van der Waals surface area contributed by atoms with E-state index in [9.17, 15) is 0 Å². The van der Waals surface area contributed by atoms with Crippen LogP contribution in [0.4, 0.5) is 0 Å². The van der Waals surface area contributed by atoms with Gasteiger partial charge in [0.1, 0.15) is 8.07 Å². The fraction of sp³-hybridized carbons (Fsp3) is 0.238. The molecule has 0 N–H and O–H groups in total. The van der Waals surface area contributed by atoms with E-state index in [1.54, 1.807) is 0 Å². The van der Waals surface area contributed by atoms with E-state index >= 15 is 0 Å². The van der Waals surface area contributed by atoms with Gasteiger partial charge in [-0.2, -0.15) is 0 Å². The molecule has 0 spiro atoms. The van der Waals surface area contributed by atoms with Gasteiger partial charge in [-0.15, -0.1) is 0 Å². The zero-order valence-corrected chi connectivity index (χ0v) is 14.5. The smallest absolute Gasteiger partial charge is 0.0794 e. The minimum absolute atomic E-state index is 0.554. The second-order valence-electron chi connectivity index (χ2n) is 6.31. The Balaban J connectivity index is 2.08. The first kappa shape index (κ1) is 15.0. The molecule has 0 aliphatic heterocycles. The van der Waals surface area contributed by atoms with Crippen LogP contribution in [-0.2, 0) is 0 Å². The molecule has 0 saturated heterocycles. The van der Waals surface area contributed by atoms with E-state index in [1.807, 2.05) is 0 Å². The van der Waals surface area contributed by atoms with Crippen molar-refractivity contribution in [1.29, 1.82) is 0 Å². The average molecular weight is 305 g/mol. The van der Waals surface area contributed by atoms with Gasteiger partial charge in [0.05, 0.1) is 0 Å². The van der Waals surface area contributed by atoms with E-state index in [1.165, 1.54) is 28.8 Å². The SMILES string of the molecule is CCCC1=CC([Si](C)(c2ccccc2)c2ccccc2)C=C1. The maximum Gasteiger partial charge on any atom is 0.125 e. The van der Waals surface area contributed by atoms with Crippen LogP contribution in [0.15, 0.2) is 84.5 Å². The lowest BCUT2D eigenvalue weighted by molar-refractivity contribution is 0.927. The summed E-state index contributed by atoms with van der Waals surface area (Å²) in [6, 6.07) is 22.2. The first-order valence-corrected chi connectivity index (χ1v) is 10.8. The molecule has 2 aromatic carbocycles. The topological polar surface area (TPSA) is 0 Å². The monoisotopic (exact) mass is 304 g/mol. The van der Waals surface area contributed by atoms with E-state index in [0.717, 1.165) is 0 Å². The molecule has 1 aliphatic rings. The van der Waals surface area contributed by atoms with Crippen LogP contribution in [0.3, 0.4) is 0 Å². The molecule has 0 aromatic heterocycles. The van der Waals surface area contributed by atoms with Gasteiger partial charge in [-0.05, 0) is 12.0 Å². The summed E-state index contributed by atoms with van der Waals surface area (Å²) < 4.78 is 0. The molecule has 0 bridgehead atoms. The lowest BCUT2D eigenvalue weighted by atomic mass is 10.2. The van der Waals surface area contributed by atoms with Gasteiger partial charge in [-0.1, -0.05) is 115 Å². The van der Waals surface area contributed by atoms with E-state index in [0.29, 0.717) is 5.54 Å². The molecule has 0 amide bonds. The van der Waals surface area contributed by atoms with Crippen LogP contribution in [0.25, 0.3) is 0 Å². The lowest BCUT2D eigenvalue weighted by Crippen LogP contribution is -2.58. The highest BCUT2D eigenvalue weighted by Crippen LogP contribution is 2.32. The third-order valence-corrected chi connectivity index (χ3v) is 9.62. The Hall–Kier alpha value is -1.86. The molecule has 1 aliphatic carbocycles. The molecule has 3 rings (SSSR count). The van der Waals surface area contributed by atoms with Crippen molar-refractivity contribution in [2.45, 2.75) is 31.9 Å². The number of benzene rings is 2. The molecule has 0 heterocycles. The highest BCUT2D eigenvalue weighted by atomic mass is 28.3. The van der Waals surface area contributed by atoms with Crippen molar-refractivity contribution in [3.8, 4) is 0 Å². The molecule has 22 heavy (non-hydrogen) atoms. The third kappa shape index (κ3) is 2.73. The van der Waals surface area contributed by atoms with Gasteiger partial charge in [0, 0.05) is 0 Å². The Kier molecular flexibility index (Phi) is 4.44. The maximum absolute atomic E-state index is 2.52. The highest BCUT2D eigenvalue weighted by molar-refractivity contribution is 7.03. The van der Waals surface area contributed by atoms with Crippen LogP contribution >= 0.6 is 0 Å². The first-order chi connectivity index (χ1) is 10.7. The fourth-order valence-electron chi connectivity index (χ4n) is 3.50. The summed E-state index contributed by atoms with van der Waals surface area (Å²) in [7, 11) is -1.80. The molecule has 0 fully saturated rings. The van der Waals surface area contributed by atoms with Crippen molar-refractivity contribution < 1.29 is 0 Å². The van der Waals surface area contributed by atoms with E-state index in [-0.39, 0.29) is 0 Å². The van der Waals surface area contributed by atoms with Crippen molar-refractivity contribution in [2.75, 3.05) is 0 Å². The zero-order chi connectivity index (χ0) is 15.4. The second kappa shape index (κ2) is 6.49. The maximum atomic E-state index is 2.52. The molecule has 1 unspecified atom stereocenters. The Morgan fingerprint density at radius 2 is 1.41 bits per heavy atom. The summed E-state index contributed by atoms with van der Waals surface area (Å²) in [6.07, 6.45) is 9.73. The first-order valence-electron chi connectivity index (χ1n) is 8.25. The summed E-state index contributed by atoms with van der Waals surface area (Å²) in [5, 5.41) is 3.04. The third-order valence-electron chi connectivity index (χ3n) is 4.86. The second-order valence-corrected chi connectivity index (χ2v) is 10.5. The largest absolute Gasteiger partial charge is 0.125 e. The van der Waals surface area contributed by atoms with Crippen molar-refractivity contribution in [2.24, 2.45) is 0 Å². The fourth-order valence-corrected chi connectivity index (χ4v) is 7.41. The molecule has 2 aromatic rings. The number of allylic oxidation sites excluding steroid dienone is 4. The van der Waals surface area contributed by atoms with Crippen LogP contribution < -0.4 is 10.4 Å². The summed E-state index contributed by atoms with van der Waals surface area (Å²) in [5.41, 5.74) is 2.07. The molecule has 0 saturated carbocycles. The summed E-state index contributed by atoms with van der Waals surface area (Å²) >= 11 is 0. The van der Waals surface area contributed by atoms with Crippen molar-refractivity contribution in [3.63, 3.8) is 0 Å². The van der Waals surface area contributed by atoms with Gasteiger partial charge in [0.25, 0.3) is 0 Å². The van der Waals surface area contributed by atoms with Gasteiger partial charge in [-0.3, -0.25) is 0 Å². The van der Waals surface area contributed by atoms with Crippen molar-refractivity contribution in [1.82, 2.24) is 0 Å². The van der Waals surface area contributed by atoms with E-state index < -0.39 is 8.07 Å². The predicted molar refractivity (Wildman–Crippen MR) is 99.7 cm³/mol. The number of hydrogen-bond acceptors (Lipinski definition) is 0. The van der Waals surface area contributed by atoms with Crippen LogP contribution in [0.5, 0.6) is 0 Å². The van der Waals surface area contributed by atoms with Crippen molar-refractivity contribution >= 4 is 18.4 Å². The number of hydrogen-bond donors (Lipinski definition) is 0. The summed E-state index contributed by atoms with van der Waals surface area (Å²) in [4.78, 5) is 0. The molecular formula is C21H24Si. The van der Waals surface area contributed by atoms with E-state index in [2.05, 4.69) is 92.4 Å². The van der Waals surface area contributed by atoms with Crippen LogP contribution in [-0.4, -0.2) is 8.07 Å². The van der Waals surface area contributed by atoms with Crippen LogP contribution in [0.1, 0.15) is 19.8 Å². The Bertz CT molecular complexity index is 628. The average Bonchev–Trinajstić information content (AvgIpc) is 3.05. The van der Waals surface area contributed by atoms with Gasteiger partial charge >= 0.3 is 0 Å². The van der Waals surface area contributed by atoms with Crippen LogP contribution in [0, 0.1) is 0 Å². The van der Waals surface area contributed by atoms with Crippen LogP contribution in [0.2, 0.25) is 12.1 Å². The lowest BCUT2D eigenvalue weighted by Gasteiger charge is -2.33. The van der Waals surface area contributed by atoms with Crippen molar-refractivity contribution in [3.05, 3.63) is 84.5 Å². The zero-order valence-electron chi connectivity index (χ0n) is 13.5. The Morgan fingerprint density at radius 1 is 0.864 bits per heavy atom. The molecule has 1 heteroatoms. The van der Waals surface area contributed by atoms with Gasteiger partial charge in [0.15, 0.2) is 0 Å². The molecular weight excluding hydrogens is 280 g/mol. The standard InChI is InChI=1S/C21H24Si/c1-3-10-18-15-16-21(17-18)22(2,19-11-6-4-7-12-19)20-13-8-5-9-14-20/h4-9,11-17,21H,3,10H2,1-2H3. The molecule has 112 valence electrons. The minimum atomic E-state index is -1.80. The normalized spacial score (nSPS) is 17.5. The molecule has 0 radical (unpaired) electrons. The van der Waals surface area contributed by atoms with Gasteiger partial charge in [0.2, 0.25) is 0 Å². The Labute approximate surface area is 135 Å². The summed E-state index contributed by atoms with van der Waals surface area (Å²) in [5.74, 6) is 0. The number of rotatable bonds is 5. The summed E-state index contributed by atoms with van der Waals surface area (Å²) in [6.45, 7) is 4.77. The van der Waals surface area contributed by atoms with Gasteiger partial charge < -0.3 is 0 Å². The highest BCUT2D eigenvalue weighted by Gasteiger charge is 2.38. The minimum Gasteiger partial charge on any atom is -0.0794 e. The van der Waals surface area contributed by atoms with E-state index in [4.69, 9.17) is 0 Å². The molecule has 1 atom stereocenters. The Morgan fingerprint density at radius 3 is 1.91 bits per heavy atom. The quantitative estimate of drug-likeness (QED) is 0.711.